The van der Waals surface area contributed by atoms with E-state index in [9.17, 15) is 19.1 Å². The molecule has 0 unspecified atom stereocenters. The van der Waals surface area contributed by atoms with Crippen LogP contribution in [0, 0.1) is 11.7 Å². The Hall–Kier alpha value is -4.93. The summed E-state index contributed by atoms with van der Waals surface area (Å²) in [5.74, 6) is 0.577. The molecule has 0 saturated heterocycles. The Bertz CT molecular complexity index is 1720. The van der Waals surface area contributed by atoms with Crippen LogP contribution in [0.5, 0.6) is 23.0 Å². The number of aliphatic hydroxyl groups excluding tert-OH is 1. The topological polar surface area (TPSA) is 101 Å². The number of carbonyl (C=O) groups is 2. The minimum atomic E-state index is -0.426. The number of hydrogen-bond acceptors (Lipinski definition) is 7. The predicted molar refractivity (Wildman–Crippen MR) is 182 cm³/mol. The Labute approximate surface area is 280 Å². The molecule has 0 aliphatic carbocycles. The Morgan fingerprint density at radius 3 is 2.52 bits per heavy atom. The smallest absolute Gasteiger partial charge is 0.258 e. The summed E-state index contributed by atoms with van der Waals surface area (Å²) in [4.78, 5) is 30.9. The van der Waals surface area contributed by atoms with Crippen molar-refractivity contribution in [1.29, 1.82) is 0 Å². The van der Waals surface area contributed by atoms with Crippen LogP contribution in [0.1, 0.15) is 35.3 Å². The normalized spacial score (nSPS) is 16.7. The van der Waals surface area contributed by atoms with Crippen molar-refractivity contribution in [3.05, 3.63) is 114 Å². The number of nitrogens with one attached hydrogen (secondary N) is 1. The number of fused-ring (bicyclic) bond motifs is 1. The zero-order valence-corrected chi connectivity index (χ0v) is 27.7. The number of rotatable bonds is 12. The second-order valence-corrected chi connectivity index (χ2v) is 12.3. The first-order valence-electron chi connectivity index (χ1n) is 16.0. The van der Waals surface area contributed by atoms with Gasteiger partial charge in [0.25, 0.3) is 5.91 Å². The monoisotopic (exact) mass is 655 g/mol. The van der Waals surface area contributed by atoms with Crippen molar-refractivity contribution in [2.45, 2.75) is 39.0 Å². The molecule has 9 nitrogen and oxygen atoms in total. The molecule has 1 heterocycles. The molecule has 2 amide bonds. The summed E-state index contributed by atoms with van der Waals surface area (Å²) in [6.07, 6.45) is -0.259. The van der Waals surface area contributed by atoms with Crippen LogP contribution in [0.4, 0.5) is 10.1 Å². The fraction of sp³-hybridized carbons (Fsp3) is 0.316. The molecule has 2 N–H and O–H groups in total. The largest absolute Gasteiger partial charge is 0.497 e. The van der Waals surface area contributed by atoms with Crippen molar-refractivity contribution in [1.82, 2.24) is 9.80 Å². The molecule has 0 radical (unpaired) electrons. The second-order valence-electron chi connectivity index (χ2n) is 12.3. The van der Waals surface area contributed by atoms with E-state index in [-0.39, 0.29) is 42.6 Å². The summed E-state index contributed by atoms with van der Waals surface area (Å²) in [5.41, 5.74) is 2.52. The summed E-state index contributed by atoms with van der Waals surface area (Å²) < 4.78 is 31.7. The van der Waals surface area contributed by atoms with Crippen LogP contribution in [0.15, 0.2) is 91.0 Å². The molecule has 3 atom stereocenters. The van der Waals surface area contributed by atoms with Gasteiger partial charge in [0.15, 0.2) is 17.3 Å². The lowest BCUT2D eigenvalue weighted by Gasteiger charge is -2.38. The van der Waals surface area contributed by atoms with E-state index < -0.39 is 11.9 Å². The van der Waals surface area contributed by atoms with E-state index in [1.54, 1.807) is 66.6 Å². The average molecular weight is 656 g/mol. The lowest BCUT2D eigenvalue weighted by molar-refractivity contribution is -0.115. The van der Waals surface area contributed by atoms with Crippen molar-refractivity contribution in [3.8, 4) is 23.0 Å². The van der Waals surface area contributed by atoms with Crippen LogP contribution in [0.2, 0.25) is 0 Å². The van der Waals surface area contributed by atoms with Gasteiger partial charge in [-0.3, -0.25) is 14.5 Å². The maximum absolute atomic E-state index is 14.0. The highest BCUT2D eigenvalue weighted by molar-refractivity contribution is 6.02. The fourth-order valence-corrected chi connectivity index (χ4v) is 5.72. The first kappa shape index (κ1) is 34.4. The van der Waals surface area contributed by atoms with Crippen molar-refractivity contribution in [2.75, 3.05) is 39.2 Å². The van der Waals surface area contributed by atoms with Crippen molar-refractivity contribution >= 4 is 17.5 Å². The number of aliphatic hydroxyl groups is 1. The van der Waals surface area contributed by atoms with E-state index >= 15 is 0 Å². The molecular formula is C38H42FN3O6. The quantitative estimate of drug-likeness (QED) is 0.189. The minimum Gasteiger partial charge on any atom is -0.497 e. The minimum absolute atomic E-state index is 0.106. The number of halogens is 1. The lowest BCUT2D eigenvalue weighted by atomic mass is 9.98. The van der Waals surface area contributed by atoms with Crippen molar-refractivity contribution in [3.63, 3.8) is 0 Å². The molecule has 4 aromatic carbocycles. The van der Waals surface area contributed by atoms with Gasteiger partial charge in [0.2, 0.25) is 5.91 Å². The second kappa shape index (κ2) is 15.8. The summed E-state index contributed by atoms with van der Waals surface area (Å²) in [6, 6.07) is 25.8. The van der Waals surface area contributed by atoms with E-state index in [0.29, 0.717) is 48.1 Å². The molecule has 0 aromatic heterocycles. The molecule has 0 fully saturated rings. The molecule has 252 valence electrons. The van der Waals surface area contributed by atoms with Gasteiger partial charge in [-0.2, -0.15) is 0 Å². The SMILES string of the molecule is COc1cccc(CC(=O)Nc2cccc3c2O[C@H](CN(C)Cc2ccc(Oc4ccccc4F)cc2)[C@H](C)CN([C@@H](C)CO)C3=O)c1. The molecule has 1 aliphatic heterocycles. The maximum Gasteiger partial charge on any atom is 0.258 e. The van der Waals surface area contributed by atoms with Crippen LogP contribution in [0.25, 0.3) is 0 Å². The summed E-state index contributed by atoms with van der Waals surface area (Å²) in [7, 11) is 3.56. The van der Waals surface area contributed by atoms with Crippen LogP contribution >= 0.6 is 0 Å². The Kier molecular flexibility index (Phi) is 11.3. The van der Waals surface area contributed by atoms with Gasteiger partial charge in [-0.05, 0) is 73.6 Å². The lowest BCUT2D eigenvalue weighted by Crippen LogP contribution is -2.49. The van der Waals surface area contributed by atoms with Gasteiger partial charge in [0.05, 0.1) is 37.4 Å². The standard InChI is InChI=1S/C38H42FN3O6/c1-25-21-42(26(2)24-43)38(45)31-11-8-13-33(40-36(44)20-28-9-7-10-30(19-28)46-4)37(31)48-35(25)23-41(3)22-27-15-17-29(18-16-27)47-34-14-6-5-12-32(34)39/h5-19,25-26,35,43H,20-24H2,1-4H3,(H,40,44)/t25-,26+,35-/m1/s1. The third kappa shape index (κ3) is 8.50. The first-order valence-corrected chi connectivity index (χ1v) is 16.0. The van der Waals surface area contributed by atoms with E-state index in [4.69, 9.17) is 14.2 Å². The van der Waals surface area contributed by atoms with Crippen LogP contribution < -0.4 is 19.5 Å². The summed E-state index contributed by atoms with van der Waals surface area (Å²) in [6.45, 7) is 5.13. The first-order chi connectivity index (χ1) is 23.1. The highest BCUT2D eigenvalue weighted by Crippen LogP contribution is 2.35. The zero-order valence-electron chi connectivity index (χ0n) is 27.7. The van der Waals surface area contributed by atoms with Gasteiger partial charge in [-0.1, -0.05) is 49.4 Å². The molecule has 10 heteroatoms. The Morgan fingerprint density at radius 2 is 1.79 bits per heavy atom. The molecule has 0 saturated carbocycles. The Balaban J connectivity index is 1.34. The number of para-hydroxylation sites is 2. The van der Waals surface area contributed by atoms with Crippen molar-refractivity contribution in [2.24, 2.45) is 5.92 Å². The number of nitrogens with zero attached hydrogens (tertiary/aromatic N) is 2. The summed E-state index contributed by atoms with van der Waals surface area (Å²) >= 11 is 0. The molecule has 0 bridgehead atoms. The van der Waals surface area contributed by atoms with Gasteiger partial charge in [0, 0.05) is 25.6 Å². The highest BCUT2D eigenvalue weighted by Gasteiger charge is 2.34. The number of ether oxygens (including phenoxy) is 3. The Morgan fingerprint density at radius 1 is 1.04 bits per heavy atom. The third-order valence-electron chi connectivity index (χ3n) is 8.40. The molecule has 4 aromatic rings. The van der Waals surface area contributed by atoms with E-state index in [0.717, 1.165) is 11.1 Å². The molecular weight excluding hydrogens is 613 g/mol. The van der Waals surface area contributed by atoms with Gasteiger partial charge < -0.3 is 29.5 Å². The molecule has 5 rings (SSSR count). The number of hydrogen-bond donors (Lipinski definition) is 2. The number of anilines is 1. The number of carbonyl (C=O) groups excluding carboxylic acids is 2. The predicted octanol–water partition coefficient (Wildman–Crippen LogP) is 6.16. The molecule has 1 aliphatic rings. The third-order valence-corrected chi connectivity index (χ3v) is 8.40. The zero-order chi connectivity index (χ0) is 34.2. The van der Waals surface area contributed by atoms with Gasteiger partial charge in [-0.25, -0.2) is 4.39 Å². The number of methoxy groups -OCH3 is 1. The highest BCUT2D eigenvalue weighted by atomic mass is 19.1. The maximum atomic E-state index is 14.0. The van der Waals surface area contributed by atoms with E-state index in [1.165, 1.54) is 6.07 Å². The number of likely N-dealkylation sites (N-methyl/N-ethyl adjacent to an activating group) is 1. The van der Waals surface area contributed by atoms with Crippen LogP contribution in [-0.2, 0) is 17.8 Å². The van der Waals surface area contributed by atoms with Crippen LogP contribution in [0.3, 0.4) is 0 Å². The molecule has 0 spiro atoms. The van der Waals surface area contributed by atoms with Gasteiger partial charge in [-0.15, -0.1) is 0 Å². The molecule has 48 heavy (non-hydrogen) atoms. The van der Waals surface area contributed by atoms with Crippen molar-refractivity contribution < 1.29 is 33.3 Å². The average Bonchev–Trinajstić information content (AvgIpc) is 3.08. The van der Waals surface area contributed by atoms with E-state index in [2.05, 4.69) is 10.2 Å². The van der Waals surface area contributed by atoms with E-state index in [1.807, 2.05) is 51.2 Å². The number of amides is 2. The van der Waals surface area contributed by atoms with Gasteiger partial charge in [0.1, 0.15) is 17.6 Å². The summed E-state index contributed by atoms with van der Waals surface area (Å²) in [5, 5.41) is 13.0. The van der Waals surface area contributed by atoms with Crippen LogP contribution in [-0.4, -0.2) is 72.7 Å². The number of benzene rings is 4. The van der Waals surface area contributed by atoms with Gasteiger partial charge >= 0.3 is 0 Å². The fourth-order valence-electron chi connectivity index (χ4n) is 5.72.